The molecule has 0 aliphatic carbocycles. The van der Waals surface area contributed by atoms with Crippen LogP contribution in [0.25, 0.3) is 77.2 Å². The zero-order chi connectivity index (χ0) is 38.0. The lowest BCUT2D eigenvalue weighted by Gasteiger charge is -2.45. The van der Waals surface area contributed by atoms with Gasteiger partial charge in [-0.3, -0.25) is 0 Å². The van der Waals surface area contributed by atoms with Crippen LogP contribution in [0.15, 0.2) is 216 Å². The Labute approximate surface area is 340 Å². The monoisotopic (exact) mass is 754 g/mol. The molecule has 270 valence electrons. The van der Waals surface area contributed by atoms with E-state index in [4.69, 9.17) is 0 Å². The minimum absolute atomic E-state index is 0.539. The van der Waals surface area contributed by atoms with Crippen molar-refractivity contribution in [3.8, 4) is 33.6 Å². The molecule has 0 fully saturated rings. The highest BCUT2D eigenvalue weighted by Gasteiger charge is 2.49. The smallest absolute Gasteiger partial charge is 0.0765 e. The zero-order valence-electron chi connectivity index (χ0n) is 31.4. The van der Waals surface area contributed by atoms with Crippen molar-refractivity contribution in [2.24, 2.45) is 0 Å². The fourth-order valence-corrected chi connectivity index (χ4v) is 11.6. The van der Waals surface area contributed by atoms with Crippen LogP contribution in [0.2, 0.25) is 0 Å². The number of aromatic nitrogens is 2. The Balaban J connectivity index is 1.07. The highest BCUT2D eigenvalue weighted by atomic mass is 32.2. The molecule has 9 aromatic carbocycles. The number of benzene rings is 9. The topological polar surface area (TPSA) is 9.86 Å². The lowest BCUT2D eigenvalue weighted by molar-refractivity contribution is 0.690. The molecule has 2 nitrogen and oxygen atoms in total. The average Bonchev–Trinajstić information content (AvgIpc) is 3.81. The van der Waals surface area contributed by atoms with E-state index < -0.39 is 5.41 Å². The number of nitrogens with zero attached hydrogens (tertiary/aromatic N) is 2. The summed E-state index contributed by atoms with van der Waals surface area (Å²) < 4.78 is 5.01. The molecule has 0 saturated carbocycles. The summed E-state index contributed by atoms with van der Waals surface area (Å²) in [5.74, 6) is 0. The number of hydrogen-bond acceptors (Lipinski definition) is 1. The molecule has 4 heterocycles. The summed E-state index contributed by atoms with van der Waals surface area (Å²) in [6, 6.07) is 76.7. The first-order valence-electron chi connectivity index (χ1n) is 20.0. The van der Waals surface area contributed by atoms with E-state index in [2.05, 4.69) is 215 Å². The number of para-hydroxylation sites is 4. The first-order valence-corrected chi connectivity index (χ1v) is 20.8. The summed E-state index contributed by atoms with van der Waals surface area (Å²) in [7, 11) is 0. The average molecular weight is 755 g/mol. The Kier molecular flexibility index (Phi) is 6.62. The van der Waals surface area contributed by atoms with Crippen LogP contribution >= 0.6 is 11.8 Å². The van der Waals surface area contributed by atoms with Crippen molar-refractivity contribution in [2.45, 2.75) is 15.2 Å². The second kappa shape index (κ2) is 12.0. The molecule has 13 rings (SSSR count). The summed E-state index contributed by atoms with van der Waals surface area (Å²) >= 11 is 1.91. The molecule has 1 unspecified atom stereocenters. The maximum atomic E-state index is 2.54. The highest BCUT2D eigenvalue weighted by molar-refractivity contribution is 7.99. The fraction of sp³-hybridized carbons (Fsp3) is 0.0182. The standard InChI is InChI=1S/C55H34N2S/c1-2-13-35(14-3-1)36-25-27-37(28-26-36)38-29-31-39(32-30-38)56-48-21-8-5-16-41(48)43-33-53-47(34-51(43)56)55(45-19-7-11-24-52(45)58-53)44-18-6-10-23-50(44)57-49-22-9-4-15-40(49)42-17-12-20-46(55)54(42)57/h1-34H. The van der Waals surface area contributed by atoms with Crippen LogP contribution in [0.1, 0.15) is 22.3 Å². The SMILES string of the molecule is c1ccc(-c2ccc(-c3ccc(-n4c5ccccc5c5cc6c(cc54)C4(c5ccccc5S6)c5ccccc5-n5c6ccccc6c6cccc4c65)cc3)cc2)cc1. The summed E-state index contributed by atoms with van der Waals surface area (Å²) in [6.45, 7) is 0. The van der Waals surface area contributed by atoms with E-state index in [9.17, 15) is 0 Å². The van der Waals surface area contributed by atoms with Crippen molar-refractivity contribution in [1.29, 1.82) is 0 Å². The van der Waals surface area contributed by atoms with Gasteiger partial charge in [-0.15, -0.1) is 0 Å². The van der Waals surface area contributed by atoms with E-state index in [0.29, 0.717) is 0 Å². The molecule has 3 heteroatoms. The molecule has 1 spiro atoms. The van der Waals surface area contributed by atoms with Crippen molar-refractivity contribution < 1.29 is 0 Å². The minimum atomic E-state index is -0.539. The van der Waals surface area contributed by atoms with Crippen molar-refractivity contribution in [1.82, 2.24) is 9.13 Å². The summed E-state index contributed by atoms with van der Waals surface area (Å²) in [6.07, 6.45) is 0. The van der Waals surface area contributed by atoms with Gasteiger partial charge in [0.25, 0.3) is 0 Å². The number of hydrogen-bond donors (Lipinski definition) is 0. The predicted molar refractivity (Wildman–Crippen MR) is 242 cm³/mol. The third kappa shape index (κ3) is 4.23. The van der Waals surface area contributed by atoms with Crippen LogP contribution < -0.4 is 0 Å². The largest absolute Gasteiger partial charge is 0.309 e. The fourth-order valence-electron chi connectivity index (χ4n) is 10.4. The molecule has 2 aliphatic heterocycles. The van der Waals surface area contributed by atoms with E-state index in [1.807, 2.05) is 11.8 Å². The number of fused-ring (bicyclic) bond motifs is 14. The van der Waals surface area contributed by atoms with Gasteiger partial charge in [0.2, 0.25) is 0 Å². The molecule has 0 amide bonds. The van der Waals surface area contributed by atoms with E-state index in [1.54, 1.807) is 0 Å². The zero-order valence-corrected chi connectivity index (χ0v) is 32.2. The number of rotatable bonds is 3. The lowest BCUT2D eigenvalue weighted by Crippen LogP contribution is -2.37. The van der Waals surface area contributed by atoms with Crippen molar-refractivity contribution in [3.05, 3.63) is 229 Å². The second-order valence-electron chi connectivity index (χ2n) is 15.6. The molecular formula is C55H34N2S. The van der Waals surface area contributed by atoms with Crippen LogP contribution in [0.4, 0.5) is 0 Å². The molecule has 0 radical (unpaired) electrons. The van der Waals surface area contributed by atoms with Crippen LogP contribution in [0.3, 0.4) is 0 Å². The maximum absolute atomic E-state index is 2.54. The molecule has 0 bridgehead atoms. The normalized spacial score (nSPS) is 15.2. The van der Waals surface area contributed by atoms with Crippen molar-refractivity contribution >= 4 is 55.4 Å². The van der Waals surface area contributed by atoms with Gasteiger partial charge in [0.15, 0.2) is 0 Å². The van der Waals surface area contributed by atoms with Gasteiger partial charge in [0.1, 0.15) is 0 Å². The maximum Gasteiger partial charge on any atom is 0.0765 e. The van der Waals surface area contributed by atoms with Gasteiger partial charge in [-0.05, 0) is 93.0 Å². The third-order valence-electron chi connectivity index (χ3n) is 12.8. The van der Waals surface area contributed by atoms with E-state index >= 15 is 0 Å². The van der Waals surface area contributed by atoms with Crippen LogP contribution in [-0.4, -0.2) is 9.13 Å². The Hall–Kier alpha value is -7.07. The molecular weight excluding hydrogens is 721 g/mol. The van der Waals surface area contributed by atoms with Crippen LogP contribution in [0.5, 0.6) is 0 Å². The summed E-state index contributed by atoms with van der Waals surface area (Å²) in [5, 5.41) is 5.12. The lowest BCUT2D eigenvalue weighted by atomic mass is 9.62. The third-order valence-corrected chi connectivity index (χ3v) is 13.9. The van der Waals surface area contributed by atoms with Crippen molar-refractivity contribution in [3.63, 3.8) is 0 Å². The van der Waals surface area contributed by atoms with Gasteiger partial charge in [-0.2, -0.15) is 0 Å². The molecule has 58 heavy (non-hydrogen) atoms. The van der Waals surface area contributed by atoms with E-state index in [1.165, 1.54) is 104 Å². The van der Waals surface area contributed by atoms with Gasteiger partial charge in [0.05, 0.1) is 33.2 Å². The van der Waals surface area contributed by atoms with Crippen molar-refractivity contribution in [2.75, 3.05) is 0 Å². The van der Waals surface area contributed by atoms with Crippen LogP contribution in [0, 0.1) is 0 Å². The molecule has 11 aromatic rings. The molecule has 0 saturated heterocycles. The Morgan fingerprint density at radius 2 is 0.879 bits per heavy atom. The second-order valence-corrected chi connectivity index (χ2v) is 16.7. The van der Waals surface area contributed by atoms with Gasteiger partial charge in [-0.1, -0.05) is 169 Å². The Bertz CT molecular complexity index is 3460. The van der Waals surface area contributed by atoms with Crippen LogP contribution in [-0.2, 0) is 5.41 Å². The molecule has 1 atom stereocenters. The van der Waals surface area contributed by atoms with Gasteiger partial charge in [0, 0.05) is 37.0 Å². The Morgan fingerprint density at radius 3 is 1.64 bits per heavy atom. The van der Waals surface area contributed by atoms with Gasteiger partial charge >= 0.3 is 0 Å². The van der Waals surface area contributed by atoms with E-state index in [0.717, 1.165) is 5.69 Å². The summed E-state index contributed by atoms with van der Waals surface area (Å²) in [4.78, 5) is 2.61. The summed E-state index contributed by atoms with van der Waals surface area (Å²) in [5.41, 5.74) is 17.0. The molecule has 0 N–H and O–H groups in total. The first kappa shape index (κ1) is 32.1. The van der Waals surface area contributed by atoms with Gasteiger partial charge < -0.3 is 9.13 Å². The predicted octanol–water partition coefficient (Wildman–Crippen LogP) is 14.4. The molecule has 2 aromatic heterocycles. The van der Waals surface area contributed by atoms with Gasteiger partial charge in [-0.25, -0.2) is 0 Å². The molecule has 2 aliphatic rings. The highest BCUT2D eigenvalue weighted by Crippen LogP contribution is 2.61. The first-order chi connectivity index (χ1) is 28.8. The quantitative estimate of drug-likeness (QED) is 0.175. The minimum Gasteiger partial charge on any atom is -0.309 e. The Morgan fingerprint density at radius 1 is 0.328 bits per heavy atom. The van der Waals surface area contributed by atoms with E-state index in [-0.39, 0.29) is 0 Å².